The fourth-order valence-electron chi connectivity index (χ4n) is 10.6. The lowest BCUT2D eigenvalue weighted by atomic mass is 9.48. The maximum Gasteiger partial charge on any atom is 0.220 e. The average Bonchev–Trinajstić information content (AvgIpc) is 2.70. The summed E-state index contributed by atoms with van der Waals surface area (Å²) in [6.45, 7) is 4.47. The van der Waals surface area contributed by atoms with Crippen LogP contribution in [0.5, 0.6) is 0 Å². The van der Waals surface area contributed by atoms with E-state index in [2.05, 4.69) is 24.5 Å². The molecule has 2 unspecified atom stereocenters. The number of nitrogens with one attached hydrogen (secondary N) is 2. The Morgan fingerprint density at radius 2 is 0.844 bits per heavy atom. The van der Waals surface area contributed by atoms with Crippen LogP contribution in [0, 0.1) is 46.3 Å². The monoisotopic (exact) mass is 440 g/mol. The van der Waals surface area contributed by atoms with Crippen LogP contribution in [0.15, 0.2) is 0 Å². The smallest absolute Gasteiger partial charge is 0.220 e. The molecule has 2 amide bonds. The molecule has 2 atom stereocenters. The van der Waals surface area contributed by atoms with Gasteiger partial charge in [0.15, 0.2) is 0 Å². The van der Waals surface area contributed by atoms with Crippen LogP contribution < -0.4 is 10.6 Å². The Hall–Kier alpha value is -1.06. The Balaban J connectivity index is 0.987. The minimum absolute atomic E-state index is 0.0749. The van der Waals surface area contributed by atoms with Crippen LogP contribution in [0.4, 0.5) is 0 Å². The lowest BCUT2D eigenvalue weighted by Gasteiger charge is -2.59. The van der Waals surface area contributed by atoms with Crippen molar-refractivity contribution in [2.45, 2.75) is 116 Å². The molecule has 0 radical (unpaired) electrons. The number of carbonyl (C=O) groups is 2. The molecule has 8 rings (SSSR count). The van der Waals surface area contributed by atoms with Crippen LogP contribution in [0.25, 0.3) is 0 Å². The molecule has 2 N–H and O–H groups in total. The van der Waals surface area contributed by atoms with Gasteiger partial charge in [0.05, 0.1) is 0 Å². The molecule has 0 saturated heterocycles. The van der Waals surface area contributed by atoms with Crippen LogP contribution in [0.1, 0.15) is 104 Å². The predicted octanol–water partition coefficient (Wildman–Crippen LogP) is 5.21. The van der Waals surface area contributed by atoms with Crippen molar-refractivity contribution in [3.05, 3.63) is 0 Å². The molecule has 8 aliphatic rings. The summed E-state index contributed by atoms with van der Waals surface area (Å²) < 4.78 is 0. The molecule has 0 heterocycles. The third-order valence-corrected chi connectivity index (χ3v) is 11.3. The lowest BCUT2D eigenvalue weighted by Crippen LogP contribution is -2.56. The van der Waals surface area contributed by atoms with E-state index in [9.17, 15) is 9.59 Å². The van der Waals surface area contributed by atoms with Gasteiger partial charge >= 0.3 is 0 Å². The molecule has 0 aromatic rings. The molecule has 0 aliphatic heterocycles. The Bertz CT molecular complexity index is 639. The van der Waals surface area contributed by atoms with Gasteiger partial charge in [0.25, 0.3) is 0 Å². The third-order valence-electron chi connectivity index (χ3n) is 11.3. The van der Waals surface area contributed by atoms with Gasteiger partial charge in [-0.25, -0.2) is 0 Å². The van der Waals surface area contributed by atoms with Crippen molar-refractivity contribution < 1.29 is 9.59 Å². The van der Waals surface area contributed by atoms with Crippen molar-refractivity contribution in [3.8, 4) is 0 Å². The Labute approximate surface area is 194 Å². The first-order valence-corrected chi connectivity index (χ1v) is 13.9. The normalized spacial score (nSPS) is 47.3. The second-order valence-corrected chi connectivity index (χ2v) is 13.6. The minimum atomic E-state index is 0.0749. The summed E-state index contributed by atoms with van der Waals surface area (Å²) in [5, 5.41) is 6.67. The SMILES string of the molecule is CC(NC(=O)CCC(=O)NC(C)C12CC3CC(CC(C3)C1)C2)C12CC3CC(CC(C3)C1)C2. The highest BCUT2D eigenvalue weighted by atomic mass is 16.2. The molecule has 0 spiro atoms. The van der Waals surface area contributed by atoms with E-state index < -0.39 is 0 Å². The first-order valence-electron chi connectivity index (χ1n) is 13.9. The van der Waals surface area contributed by atoms with Crippen molar-refractivity contribution in [3.63, 3.8) is 0 Å². The molecular weight excluding hydrogens is 396 g/mol. The highest BCUT2D eigenvalue weighted by Gasteiger charge is 2.54. The lowest BCUT2D eigenvalue weighted by molar-refractivity contribution is -0.131. The molecule has 8 aliphatic carbocycles. The maximum atomic E-state index is 12.8. The summed E-state index contributed by atoms with van der Waals surface area (Å²) in [7, 11) is 0. The zero-order valence-corrected chi connectivity index (χ0v) is 20.3. The van der Waals surface area contributed by atoms with E-state index in [0.29, 0.717) is 23.7 Å². The van der Waals surface area contributed by atoms with E-state index in [-0.39, 0.29) is 23.9 Å². The second kappa shape index (κ2) is 7.73. The van der Waals surface area contributed by atoms with Gasteiger partial charge in [0, 0.05) is 24.9 Å². The fraction of sp³-hybridized carbons (Fsp3) is 0.929. The maximum absolute atomic E-state index is 12.8. The van der Waals surface area contributed by atoms with Crippen molar-refractivity contribution in [1.82, 2.24) is 10.6 Å². The van der Waals surface area contributed by atoms with E-state index in [1.165, 1.54) is 77.0 Å². The molecular formula is C28H44N2O2. The van der Waals surface area contributed by atoms with E-state index in [1.807, 2.05) is 0 Å². The summed E-state index contributed by atoms with van der Waals surface area (Å²) in [6.07, 6.45) is 17.1. The van der Waals surface area contributed by atoms with Crippen LogP contribution in [-0.2, 0) is 9.59 Å². The third kappa shape index (κ3) is 3.72. The molecule has 8 saturated carbocycles. The van der Waals surface area contributed by atoms with Crippen LogP contribution in [0.3, 0.4) is 0 Å². The Morgan fingerprint density at radius 1 is 0.594 bits per heavy atom. The van der Waals surface area contributed by atoms with Crippen LogP contribution in [0.2, 0.25) is 0 Å². The highest BCUT2D eigenvalue weighted by Crippen LogP contribution is 2.62. The van der Waals surface area contributed by atoms with Gasteiger partial charge in [0.2, 0.25) is 11.8 Å². The predicted molar refractivity (Wildman–Crippen MR) is 126 cm³/mol. The van der Waals surface area contributed by atoms with Gasteiger partial charge in [-0.1, -0.05) is 0 Å². The van der Waals surface area contributed by atoms with Crippen molar-refractivity contribution >= 4 is 11.8 Å². The van der Waals surface area contributed by atoms with Crippen molar-refractivity contribution in [1.29, 1.82) is 0 Å². The van der Waals surface area contributed by atoms with Gasteiger partial charge in [-0.05, 0) is 137 Å². The topological polar surface area (TPSA) is 58.2 Å². The number of amides is 2. The average molecular weight is 441 g/mol. The van der Waals surface area contributed by atoms with E-state index in [1.54, 1.807) is 0 Å². The molecule has 4 heteroatoms. The molecule has 8 fully saturated rings. The van der Waals surface area contributed by atoms with Gasteiger partial charge < -0.3 is 10.6 Å². The summed E-state index contributed by atoms with van der Waals surface area (Å²) >= 11 is 0. The molecule has 4 nitrogen and oxygen atoms in total. The number of rotatable bonds is 7. The second-order valence-electron chi connectivity index (χ2n) is 13.6. The number of carbonyl (C=O) groups excluding carboxylic acids is 2. The summed E-state index contributed by atoms with van der Waals surface area (Å²) in [5.74, 6) is 5.55. The largest absolute Gasteiger partial charge is 0.353 e. The first-order chi connectivity index (χ1) is 15.3. The zero-order valence-electron chi connectivity index (χ0n) is 20.3. The molecule has 32 heavy (non-hydrogen) atoms. The standard InChI is InChI=1S/C28H44N2O2/c1-17(27-11-19-5-20(12-27)7-21(6-19)13-27)29-25(31)3-4-26(32)30-18(2)28-14-22-8-23(15-28)10-24(9-22)16-28/h17-24H,3-16H2,1-2H3,(H,29,31)(H,30,32). The molecule has 0 aromatic carbocycles. The zero-order chi connectivity index (χ0) is 22.1. The molecule has 8 bridgehead atoms. The highest BCUT2D eigenvalue weighted by molar-refractivity contribution is 5.84. The summed E-state index contributed by atoms with van der Waals surface area (Å²) in [5.41, 5.74) is 0.666. The van der Waals surface area contributed by atoms with Gasteiger partial charge in [0.1, 0.15) is 0 Å². The summed E-state index contributed by atoms with van der Waals surface area (Å²) in [6, 6.07) is 0.495. The Morgan fingerprint density at radius 3 is 1.09 bits per heavy atom. The number of hydrogen-bond acceptors (Lipinski definition) is 2. The van der Waals surface area contributed by atoms with E-state index >= 15 is 0 Å². The van der Waals surface area contributed by atoms with E-state index in [0.717, 1.165) is 35.5 Å². The number of hydrogen-bond donors (Lipinski definition) is 2. The Kier molecular flexibility index (Phi) is 5.19. The van der Waals surface area contributed by atoms with Crippen molar-refractivity contribution in [2.75, 3.05) is 0 Å². The van der Waals surface area contributed by atoms with Crippen LogP contribution in [-0.4, -0.2) is 23.9 Å². The van der Waals surface area contributed by atoms with Gasteiger partial charge in [-0.3, -0.25) is 9.59 Å². The van der Waals surface area contributed by atoms with E-state index in [4.69, 9.17) is 0 Å². The van der Waals surface area contributed by atoms with Gasteiger partial charge in [-0.2, -0.15) is 0 Å². The van der Waals surface area contributed by atoms with Crippen LogP contribution >= 0.6 is 0 Å². The quantitative estimate of drug-likeness (QED) is 0.571. The summed E-state index contributed by atoms with van der Waals surface area (Å²) in [4.78, 5) is 25.5. The minimum Gasteiger partial charge on any atom is -0.353 e. The molecule has 0 aromatic heterocycles. The van der Waals surface area contributed by atoms with Gasteiger partial charge in [-0.15, -0.1) is 0 Å². The molecule has 178 valence electrons. The fourth-order valence-corrected chi connectivity index (χ4v) is 10.6. The van der Waals surface area contributed by atoms with Crippen molar-refractivity contribution in [2.24, 2.45) is 46.3 Å². The first kappa shape index (κ1) is 21.5.